The number of fused-ring (bicyclic) bond motifs is 3. The van der Waals surface area contributed by atoms with Gasteiger partial charge in [0, 0.05) is 23.7 Å². The van der Waals surface area contributed by atoms with Crippen LogP contribution in [-0.2, 0) is 22.5 Å². The molecule has 0 unspecified atom stereocenters. The second-order valence-electron chi connectivity index (χ2n) is 6.60. The number of rotatable bonds is 1. The van der Waals surface area contributed by atoms with Gasteiger partial charge in [-0.1, -0.05) is 11.6 Å². The zero-order valence-corrected chi connectivity index (χ0v) is 14.4. The highest BCUT2D eigenvalue weighted by Gasteiger charge is 2.27. The van der Waals surface area contributed by atoms with Crippen LogP contribution in [0, 0.1) is 0 Å². The lowest BCUT2D eigenvalue weighted by atomic mass is 9.99. The Morgan fingerprint density at radius 3 is 2.83 bits per heavy atom. The number of hydrogen-bond acceptors (Lipinski definition) is 6. The average Bonchev–Trinajstić information content (AvgIpc) is 2.45. The molecule has 2 aromatic rings. The number of halogens is 1. The Hall–Kier alpha value is -2.12. The van der Waals surface area contributed by atoms with Crippen LogP contribution >= 0.6 is 11.6 Å². The smallest absolute Gasteiger partial charge is 0.427 e. The molecular weight excluding hydrogens is 334 g/mol. The average molecular weight is 352 g/mol. The number of pyridine rings is 2. The molecule has 1 aliphatic heterocycles. The van der Waals surface area contributed by atoms with Crippen molar-refractivity contribution in [2.24, 2.45) is 0 Å². The lowest BCUT2D eigenvalue weighted by molar-refractivity contribution is -0.150. The SMILES string of the molecule is CC(C)(C)OC(=O)ON1CCc2c(c3c(Cl)ccnc3[nH]c2=O)C1. The topological polar surface area (TPSA) is 84.5 Å². The number of carbonyl (C=O) groups is 1. The lowest BCUT2D eigenvalue weighted by Crippen LogP contribution is -2.37. The Kier molecular flexibility index (Phi) is 4.23. The number of aromatic amines is 1. The van der Waals surface area contributed by atoms with Crippen LogP contribution in [0.2, 0.25) is 5.02 Å². The lowest BCUT2D eigenvalue weighted by Gasteiger charge is -2.28. The number of hydrogen-bond donors (Lipinski definition) is 1. The number of hydroxylamine groups is 2. The summed E-state index contributed by atoms with van der Waals surface area (Å²) in [5, 5.41) is 2.64. The molecule has 2 aromatic heterocycles. The van der Waals surface area contributed by atoms with E-state index in [0.29, 0.717) is 34.6 Å². The molecular formula is C16H18ClN3O4. The zero-order chi connectivity index (χ0) is 17.5. The summed E-state index contributed by atoms with van der Waals surface area (Å²) < 4.78 is 5.15. The van der Waals surface area contributed by atoms with Crippen molar-refractivity contribution in [2.45, 2.75) is 39.3 Å². The number of nitrogens with one attached hydrogen (secondary N) is 1. The molecule has 7 nitrogen and oxygen atoms in total. The molecule has 1 aliphatic rings. The molecule has 0 saturated carbocycles. The van der Waals surface area contributed by atoms with E-state index in [1.807, 2.05) is 0 Å². The first-order chi connectivity index (χ1) is 11.2. The Labute approximate surface area is 143 Å². The number of H-pyrrole nitrogens is 1. The second-order valence-corrected chi connectivity index (χ2v) is 7.00. The van der Waals surface area contributed by atoms with Gasteiger partial charge in [0.25, 0.3) is 5.56 Å². The molecule has 0 bridgehead atoms. The van der Waals surface area contributed by atoms with Crippen LogP contribution in [0.4, 0.5) is 4.79 Å². The molecule has 0 radical (unpaired) electrons. The molecule has 0 spiro atoms. The van der Waals surface area contributed by atoms with E-state index in [4.69, 9.17) is 21.2 Å². The highest BCUT2D eigenvalue weighted by atomic mass is 35.5. The molecule has 0 amide bonds. The zero-order valence-electron chi connectivity index (χ0n) is 13.7. The summed E-state index contributed by atoms with van der Waals surface area (Å²) in [6, 6.07) is 1.66. The summed E-state index contributed by atoms with van der Waals surface area (Å²) >= 11 is 6.27. The molecule has 0 aromatic carbocycles. The Morgan fingerprint density at radius 1 is 1.38 bits per heavy atom. The van der Waals surface area contributed by atoms with E-state index >= 15 is 0 Å². The third-order valence-corrected chi connectivity index (χ3v) is 3.93. The minimum absolute atomic E-state index is 0.191. The quantitative estimate of drug-likeness (QED) is 0.795. The van der Waals surface area contributed by atoms with Crippen molar-refractivity contribution in [1.29, 1.82) is 0 Å². The van der Waals surface area contributed by atoms with Crippen molar-refractivity contribution in [3.05, 3.63) is 38.8 Å². The largest absolute Gasteiger partial charge is 0.528 e. The highest BCUT2D eigenvalue weighted by Crippen LogP contribution is 2.28. The van der Waals surface area contributed by atoms with Gasteiger partial charge in [-0.05, 0) is 38.8 Å². The van der Waals surface area contributed by atoms with Crippen molar-refractivity contribution in [3.8, 4) is 0 Å². The minimum Gasteiger partial charge on any atom is -0.427 e. The number of aromatic nitrogens is 2. The molecule has 24 heavy (non-hydrogen) atoms. The molecule has 0 atom stereocenters. The van der Waals surface area contributed by atoms with E-state index in [1.165, 1.54) is 11.3 Å². The number of ether oxygens (including phenoxy) is 1. The third kappa shape index (κ3) is 3.37. The van der Waals surface area contributed by atoms with Crippen LogP contribution < -0.4 is 5.56 Å². The van der Waals surface area contributed by atoms with Gasteiger partial charge in [0.1, 0.15) is 11.2 Å². The van der Waals surface area contributed by atoms with Crippen LogP contribution in [0.15, 0.2) is 17.1 Å². The molecule has 0 saturated heterocycles. The molecule has 1 N–H and O–H groups in total. The van der Waals surface area contributed by atoms with Gasteiger partial charge in [-0.3, -0.25) is 4.79 Å². The fourth-order valence-electron chi connectivity index (χ4n) is 2.67. The van der Waals surface area contributed by atoms with E-state index in [1.54, 1.807) is 26.8 Å². The fraction of sp³-hybridized carbons (Fsp3) is 0.438. The summed E-state index contributed by atoms with van der Waals surface area (Å²) in [5.41, 5.74) is 0.958. The number of carbonyl (C=O) groups excluding carboxylic acids is 1. The molecule has 8 heteroatoms. The summed E-state index contributed by atoms with van der Waals surface area (Å²) in [5.74, 6) is 0. The Morgan fingerprint density at radius 2 is 2.12 bits per heavy atom. The van der Waals surface area contributed by atoms with Crippen LogP contribution in [0.25, 0.3) is 11.0 Å². The van der Waals surface area contributed by atoms with E-state index in [2.05, 4.69) is 9.97 Å². The van der Waals surface area contributed by atoms with Gasteiger partial charge in [0.05, 0.1) is 11.6 Å². The molecule has 0 fully saturated rings. The van der Waals surface area contributed by atoms with E-state index in [-0.39, 0.29) is 12.1 Å². The molecule has 128 valence electrons. The molecule has 3 heterocycles. The standard InChI is InChI=1S/C16H18ClN3O4/c1-16(2,3)23-15(22)24-20-7-5-9-10(8-20)12-11(17)4-6-18-13(12)19-14(9)21/h4,6H,5,7-8H2,1-3H3,(H,18,19,21). The van der Waals surface area contributed by atoms with E-state index in [0.717, 1.165) is 5.56 Å². The van der Waals surface area contributed by atoms with Crippen molar-refractivity contribution in [2.75, 3.05) is 6.54 Å². The third-order valence-electron chi connectivity index (χ3n) is 3.61. The predicted molar refractivity (Wildman–Crippen MR) is 88.8 cm³/mol. The van der Waals surface area contributed by atoms with Gasteiger partial charge < -0.3 is 14.6 Å². The van der Waals surface area contributed by atoms with Crippen molar-refractivity contribution in [3.63, 3.8) is 0 Å². The highest BCUT2D eigenvalue weighted by molar-refractivity contribution is 6.35. The van der Waals surface area contributed by atoms with Crippen molar-refractivity contribution < 1.29 is 14.4 Å². The van der Waals surface area contributed by atoms with Gasteiger partial charge in [-0.2, -0.15) is 0 Å². The molecule has 0 aliphatic carbocycles. The van der Waals surface area contributed by atoms with Gasteiger partial charge in [0.15, 0.2) is 0 Å². The predicted octanol–water partition coefficient (Wildman–Crippen LogP) is 2.80. The van der Waals surface area contributed by atoms with Gasteiger partial charge in [-0.25, -0.2) is 9.78 Å². The summed E-state index contributed by atoms with van der Waals surface area (Å²) in [7, 11) is 0. The van der Waals surface area contributed by atoms with Crippen LogP contribution in [-0.4, -0.2) is 33.3 Å². The number of nitrogens with zero attached hydrogens (tertiary/aromatic N) is 2. The van der Waals surface area contributed by atoms with Crippen molar-refractivity contribution >= 4 is 28.8 Å². The summed E-state index contributed by atoms with van der Waals surface area (Å²) in [6.45, 7) is 5.94. The van der Waals surface area contributed by atoms with Crippen LogP contribution in [0.5, 0.6) is 0 Å². The maximum absolute atomic E-state index is 12.2. The summed E-state index contributed by atoms with van der Waals surface area (Å²) in [4.78, 5) is 36.2. The summed E-state index contributed by atoms with van der Waals surface area (Å²) in [6.07, 6.45) is 1.20. The Balaban J connectivity index is 1.91. The van der Waals surface area contributed by atoms with Gasteiger partial charge >= 0.3 is 6.16 Å². The normalized spacial score (nSPS) is 15.2. The maximum Gasteiger partial charge on any atom is 0.528 e. The van der Waals surface area contributed by atoms with E-state index < -0.39 is 11.8 Å². The maximum atomic E-state index is 12.2. The minimum atomic E-state index is -0.774. The van der Waals surface area contributed by atoms with Crippen LogP contribution in [0.1, 0.15) is 31.9 Å². The van der Waals surface area contributed by atoms with E-state index in [9.17, 15) is 9.59 Å². The monoisotopic (exact) mass is 351 g/mol. The van der Waals surface area contributed by atoms with Gasteiger partial charge in [-0.15, -0.1) is 5.06 Å². The van der Waals surface area contributed by atoms with Crippen LogP contribution in [0.3, 0.4) is 0 Å². The second kappa shape index (κ2) is 6.07. The Bertz CT molecular complexity index is 857. The van der Waals surface area contributed by atoms with Crippen molar-refractivity contribution in [1.82, 2.24) is 15.0 Å². The van der Waals surface area contributed by atoms with Gasteiger partial charge in [0.2, 0.25) is 0 Å². The molecule has 3 rings (SSSR count). The first-order valence-corrected chi connectivity index (χ1v) is 7.96. The first kappa shape index (κ1) is 16.7. The first-order valence-electron chi connectivity index (χ1n) is 7.59. The fourth-order valence-corrected chi connectivity index (χ4v) is 2.93.